The van der Waals surface area contributed by atoms with E-state index in [-0.39, 0.29) is 5.91 Å². The molecule has 1 aromatic heterocycles. The van der Waals surface area contributed by atoms with Crippen molar-refractivity contribution in [1.82, 2.24) is 20.5 Å². The molecule has 0 aliphatic rings. The summed E-state index contributed by atoms with van der Waals surface area (Å²) in [6.45, 7) is 2.49. The summed E-state index contributed by atoms with van der Waals surface area (Å²) in [7, 11) is 0. The van der Waals surface area contributed by atoms with Crippen molar-refractivity contribution in [3.8, 4) is 0 Å². The highest BCUT2D eigenvalue weighted by Crippen LogP contribution is 1.93. The fourth-order valence-corrected chi connectivity index (χ4v) is 0.924. The van der Waals surface area contributed by atoms with E-state index in [9.17, 15) is 4.79 Å². The van der Waals surface area contributed by atoms with Gasteiger partial charge in [0.25, 0.3) is 0 Å². The van der Waals surface area contributed by atoms with Gasteiger partial charge >= 0.3 is 0 Å². The van der Waals surface area contributed by atoms with Crippen molar-refractivity contribution in [3.63, 3.8) is 0 Å². The monoisotopic (exact) mass is 182 g/mol. The molecular formula is C8H14N4O. The van der Waals surface area contributed by atoms with Crippen LogP contribution in [0, 0.1) is 0 Å². The highest BCUT2D eigenvalue weighted by molar-refractivity contribution is 5.75. The molecule has 0 radical (unpaired) electrons. The van der Waals surface area contributed by atoms with E-state index in [2.05, 4.69) is 27.4 Å². The molecule has 72 valence electrons. The molecule has 0 aromatic carbocycles. The van der Waals surface area contributed by atoms with E-state index < -0.39 is 0 Å². The summed E-state index contributed by atoms with van der Waals surface area (Å²) in [5.41, 5.74) is 0. The van der Waals surface area contributed by atoms with Crippen LogP contribution in [-0.2, 0) is 11.3 Å². The molecule has 1 amide bonds. The Hall–Kier alpha value is -1.39. The number of hydrogen-bond acceptors (Lipinski definition) is 3. The number of carbonyl (C=O) groups is 1. The number of aromatic nitrogens is 3. The van der Waals surface area contributed by atoms with Gasteiger partial charge < -0.3 is 5.32 Å². The molecule has 1 rings (SSSR count). The van der Waals surface area contributed by atoms with E-state index in [0.717, 1.165) is 12.8 Å². The van der Waals surface area contributed by atoms with Gasteiger partial charge in [-0.25, -0.2) is 4.98 Å². The van der Waals surface area contributed by atoms with Crippen molar-refractivity contribution in [2.45, 2.75) is 32.7 Å². The third-order valence-corrected chi connectivity index (χ3v) is 1.68. The molecule has 0 aliphatic heterocycles. The van der Waals surface area contributed by atoms with Gasteiger partial charge in [-0.1, -0.05) is 13.3 Å². The van der Waals surface area contributed by atoms with Crippen molar-refractivity contribution >= 4 is 5.91 Å². The van der Waals surface area contributed by atoms with Gasteiger partial charge in [0.1, 0.15) is 12.2 Å². The predicted molar refractivity (Wildman–Crippen MR) is 47.8 cm³/mol. The number of nitrogens with one attached hydrogen (secondary N) is 2. The molecule has 2 N–H and O–H groups in total. The van der Waals surface area contributed by atoms with Gasteiger partial charge in [0.2, 0.25) is 5.91 Å². The van der Waals surface area contributed by atoms with Crippen LogP contribution in [0.2, 0.25) is 0 Å². The van der Waals surface area contributed by atoms with Crippen molar-refractivity contribution in [2.75, 3.05) is 0 Å². The lowest BCUT2D eigenvalue weighted by Gasteiger charge is -2.00. The quantitative estimate of drug-likeness (QED) is 0.701. The minimum absolute atomic E-state index is 0.0678. The molecule has 0 spiro atoms. The molecule has 0 saturated carbocycles. The van der Waals surface area contributed by atoms with Gasteiger partial charge in [0.15, 0.2) is 0 Å². The van der Waals surface area contributed by atoms with Crippen molar-refractivity contribution in [3.05, 3.63) is 12.2 Å². The third kappa shape index (κ3) is 3.68. The fraction of sp³-hybridized carbons (Fsp3) is 0.625. The van der Waals surface area contributed by atoms with Crippen LogP contribution < -0.4 is 5.32 Å². The summed E-state index contributed by atoms with van der Waals surface area (Å²) >= 11 is 0. The van der Waals surface area contributed by atoms with Crippen LogP contribution in [0.5, 0.6) is 0 Å². The molecule has 0 saturated heterocycles. The standard InChI is InChI=1S/C8H14N4O/c1-2-3-4-8(13)9-5-7-10-6-11-12-7/h6H,2-5H2,1H3,(H,9,13)(H,10,11,12). The summed E-state index contributed by atoms with van der Waals surface area (Å²) in [4.78, 5) is 15.0. The van der Waals surface area contributed by atoms with Crippen molar-refractivity contribution in [1.29, 1.82) is 0 Å². The first-order valence-electron chi connectivity index (χ1n) is 4.44. The van der Waals surface area contributed by atoms with Gasteiger partial charge in [0, 0.05) is 6.42 Å². The normalized spacial score (nSPS) is 9.92. The Morgan fingerprint density at radius 2 is 2.54 bits per heavy atom. The molecule has 0 fully saturated rings. The molecule has 5 heteroatoms. The van der Waals surface area contributed by atoms with Crippen molar-refractivity contribution < 1.29 is 4.79 Å². The number of hydrogen-bond donors (Lipinski definition) is 2. The Labute approximate surface area is 76.9 Å². The number of nitrogens with zero attached hydrogens (tertiary/aromatic N) is 2. The van der Waals surface area contributed by atoms with Crippen LogP contribution in [0.25, 0.3) is 0 Å². The van der Waals surface area contributed by atoms with Gasteiger partial charge in [-0.05, 0) is 6.42 Å². The molecule has 1 heterocycles. The number of unbranched alkanes of at least 4 members (excludes halogenated alkanes) is 1. The first kappa shape index (κ1) is 9.70. The molecule has 0 aliphatic carbocycles. The number of rotatable bonds is 5. The highest BCUT2D eigenvalue weighted by atomic mass is 16.1. The minimum Gasteiger partial charge on any atom is -0.349 e. The zero-order chi connectivity index (χ0) is 9.52. The number of amides is 1. The average molecular weight is 182 g/mol. The summed E-state index contributed by atoms with van der Waals surface area (Å²) in [5.74, 6) is 0.753. The Morgan fingerprint density at radius 3 is 3.15 bits per heavy atom. The lowest BCUT2D eigenvalue weighted by atomic mass is 10.2. The maximum absolute atomic E-state index is 11.1. The highest BCUT2D eigenvalue weighted by Gasteiger charge is 2.00. The summed E-state index contributed by atoms with van der Waals surface area (Å²) in [5, 5.41) is 9.09. The molecule has 13 heavy (non-hydrogen) atoms. The summed E-state index contributed by atoms with van der Waals surface area (Å²) < 4.78 is 0. The lowest BCUT2D eigenvalue weighted by Crippen LogP contribution is -2.22. The lowest BCUT2D eigenvalue weighted by molar-refractivity contribution is -0.121. The molecule has 5 nitrogen and oxygen atoms in total. The molecule has 0 bridgehead atoms. The smallest absolute Gasteiger partial charge is 0.220 e. The van der Waals surface area contributed by atoms with Crippen LogP contribution in [0.3, 0.4) is 0 Å². The van der Waals surface area contributed by atoms with Crippen LogP contribution in [-0.4, -0.2) is 21.1 Å². The largest absolute Gasteiger partial charge is 0.349 e. The van der Waals surface area contributed by atoms with Crippen LogP contribution >= 0.6 is 0 Å². The number of aromatic amines is 1. The second-order valence-electron chi connectivity index (χ2n) is 2.81. The van der Waals surface area contributed by atoms with Crippen LogP contribution in [0.1, 0.15) is 32.0 Å². The van der Waals surface area contributed by atoms with E-state index in [1.165, 1.54) is 6.33 Å². The molecule has 1 aromatic rings. The van der Waals surface area contributed by atoms with E-state index in [0.29, 0.717) is 18.8 Å². The predicted octanol–water partition coefficient (Wildman–Crippen LogP) is 0.611. The second-order valence-corrected chi connectivity index (χ2v) is 2.81. The Balaban J connectivity index is 2.15. The van der Waals surface area contributed by atoms with Gasteiger partial charge in [-0.2, -0.15) is 5.10 Å². The zero-order valence-electron chi connectivity index (χ0n) is 7.71. The topological polar surface area (TPSA) is 70.7 Å². The Morgan fingerprint density at radius 1 is 1.69 bits per heavy atom. The second kappa shape index (κ2) is 5.29. The Kier molecular flexibility index (Phi) is 3.95. The zero-order valence-corrected chi connectivity index (χ0v) is 7.71. The molecule has 0 unspecified atom stereocenters. The van der Waals surface area contributed by atoms with E-state index in [1.54, 1.807) is 0 Å². The summed E-state index contributed by atoms with van der Waals surface area (Å²) in [6, 6.07) is 0. The summed E-state index contributed by atoms with van der Waals surface area (Å²) in [6.07, 6.45) is 3.98. The minimum atomic E-state index is 0.0678. The average Bonchev–Trinajstić information content (AvgIpc) is 2.64. The molecular weight excluding hydrogens is 168 g/mol. The van der Waals surface area contributed by atoms with E-state index in [4.69, 9.17) is 0 Å². The molecule has 0 atom stereocenters. The number of H-pyrrole nitrogens is 1. The first-order valence-corrected chi connectivity index (χ1v) is 4.44. The van der Waals surface area contributed by atoms with Gasteiger partial charge in [-0.15, -0.1) is 0 Å². The number of carbonyl (C=O) groups excluding carboxylic acids is 1. The maximum atomic E-state index is 11.1. The van der Waals surface area contributed by atoms with Crippen LogP contribution in [0.15, 0.2) is 6.33 Å². The van der Waals surface area contributed by atoms with E-state index >= 15 is 0 Å². The third-order valence-electron chi connectivity index (χ3n) is 1.68. The fourth-order valence-electron chi connectivity index (χ4n) is 0.924. The SMILES string of the molecule is CCCCC(=O)NCc1ncn[nH]1. The first-order chi connectivity index (χ1) is 6.33. The van der Waals surface area contributed by atoms with Gasteiger partial charge in [0.05, 0.1) is 6.54 Å². The van der Waals surface area contributed by atoms with E-state index in [1.807, 2.05) is 0 Å². The van der Waals surface area contributed by atoms with Crippen molar-refractivity contribution in [2.24, 2.45) is 0 Å². The maximum Gasteiger partial charge on any atom is 0.220 e. The van der Waals surface area contributed by atoms with Crippen LogP contribution in [0.4, 0.5) is 0 Å². The Bertz CT molecular complexity index is 245. The van der Waals surface area contributed by atoms with Gasteiger partial charge in [-0.3, -0.25) is 9.89 Å².